The van der Waals surface area contributed by atoms with Crippen molar-refractivity contribution >= 4 is 20.2 Å². The molecule has 1 unspecified atom stereocenters. The van der Waals surface area contributed by atoms with Gasteiger partial charge in [0.2, 0.25) is 0 Å². The lowest BCUT2D eigenvalue weighted by Crippen LogP contribution is -2.29. The van der Waals surface area contributed by atoms with Crippen molar-refractivity contribution in [3.8, 4) is 0 Å². The summed E-state index contributed by atoms with van der Waals surface area (Å²) in [6.07, 6.45) is 31.9. The molecule has 2 atom stereocenters. The molecule has 0 aliphatic rings. The van der Waals surface area contributed by atoms with Gasteiger partial charge < -0.3 is 9.47 Å². The largest absolute Gasteiger partial charge is 0.694 e. The zero-order valence-corrected chi connectivity index (χ0v) is 29.0. The summed E-state index contributed by atoms with van der Waals surface area (Å²) in [4.78, 5) is 33.4. The van der Waals surface area contributed by atoms with Crippen LogP contribution in [0.3, 0.4) is 0 Å². The minimum atomic E-state index is -2.82. The molecule has 0 rings (SSSR count). The van der Waals surface area contributed by atoms with E-state index in [4.69, 9.17) is 18.9 Å². The van der Waals surface area contributed by atoms with E-state index in [-0.39, 0.29) is 25.6 Å². The van der Waals surface area contributed by atoms with Crippen LogP contribution in [0.5, 0.6) is 0 Å². The molecule has 0 radical (unpaired) electrons. The molecular weight excluding hydrogens is 563 g/mol. The van der Waals surface area contributed by atoms with E-state index in [1.165, 1.54) is 128 Å². The second kappa shape index (κ2) is 33.8. The molecule has 254 valence electrons. The maximum atomic E-state index is 12.3. The van der Waals surface area contributed by atoms with Gasteiger partial charge in [0.1, 0.15) is 13.2 Å². The molecule has 0 amide bonds. The molecule has 1 N–H and O–H groups in total. The van der Waals surface area contributed by atoms with Crippen molar-refractivity contribution in [2.24, 2.45) is 0 Å². The van der Waals surface area contributed by atoms with E-state index in [1.54, 1.807) is 0 Å². The van der Waals surface area contributed by atoms with Gasteiger partial charge in [-0.05, 0) is 12.8 Å². The van der Waals surface area contributed by atoms with Gasteiger partial charge in [0.25, 0.3) is 0 Å². The van der Waals surface area contributed by atoms with Crippen LogP contribution in [0.2, 0.25) is 0 Å². The van der Waals surface area contributed by atoms with Crippen LogP contribution in [0.1, 0.15) is 194 Å². The van der Waals surface area contributed by atoms with E-state index < -0.39 is 20.3 Å². The fourth-order valence-corrected chi connectivity index (χ4v) is 5.63. The topological polar surface area (TPSA) is 99.1 Å². The van der Waals surface area contributed by atoms with Crippen molar-refractivity contribution in [3.05, 3.63) is 0 Å². The fourth-order valence-electron chi connectivity index (χ4n) is 5.34. The zero-order chi connectivity index (χ0) is 31.6. The summed E-state index contributed by atoms with van der Waals surface area (Å²) in [5, 5.41) is 0. The van der Waals surface area contributed by atoms with Gasteiger partial charge >= 0.3 is 20.2 Å². The smallest absolute Gasteiger partial charge is 0.462 e. The maximum Gasteiger partial charge on any atom is 0.694 e. The van der Waals surface area contributed by atoms with E-state index >= 15 is 0 Å². The first kappa shape index (κ1) is 42.0. The Hall–Kier alpha value is -1.04. The van der Waals surface area contributed by atoms with E-state index in [2.05, 4.69) is 13.8 Å². The average Bonchev–Trinajstić information content (AvgIpc) is 2.99. The SMILES string of the molecule is CCCCCCCCCCCCCCCC(=O)OC[C@H](CO[P+](=O)O)OC(=O)CCCCCCCCCCCCCCC. The Morgan fingerprint density at radius 3 is 1.19 bits per heavy atom. The minimum Gasteiger partial charge on any atom is -0.462 e. The highest BCUT2D eigenvalue weighted by Gasteiger charge is 2.23. The molecule has 0 aromatic heterocycles. The van der Waals surface area contributed by atoms with Crippen molar-refractivity contribution in [2.75, 3.05) is 13.2 Å². The van der Waals surface area contributed by atoms with E-state index in [1.807, 2.05) is 0 Å². The Bertz CT molecular complexity index is 644. The number of carbonyl (C=O) groups excluding carboxylic acids is 2. The van der Waals surface area contributed by atoms with Crippen LogP contribution in [0, 0.1) is 0 Å². The van der Waals surface area contributed by atoms with Gasteiger partial charge in [0.15, 0.2) is 6.10 Å². The monoisotopic (exact) mass is 631 g/mol. The average molecular weight is 632 g/mol. The van der Waals surface area contributed by atoms with Crippen molar-refractivity contribution in [2.45, 2.75) is 200 Å². The number of carbonyl (C=O) groups is 2. The summed E-state index contributed by atoms with van der Waals surface area (Å²) in [7, 11) is -2.82. The number of rotatable bonds is 34. The van der Waals surface area contributed by atoms with Crippen molar-refractivity contribution in [1.29, 1.82) is 0 Å². The number of hydrogen-bond acceptors (Lipinski definition) is 6. The summed E-state index contributed by atoms with van der Waals surface area (Å²) in [5.74, 6) is -0.730. The van der Waals surface area contributed by atoms with Crippen LogP contribution in [0.4, 0.5) is 0 Å². The Morgan fingerprint density at radius 2 is 0.837 bits per heavy atom. The predicted molar refractivity (Wildman–Crippen MR) is 177 cm³/mol. The first-order valence-corrected chi connectivity index (χ1v) is 19.3. The molecule has 0 aromatic carbocycles. The van der Waals surface area contributed by atoms with Gasteiger partial charge in [-0.15, -0.1) is 9.42 Å². The molecule has 0 fully saturated rings. The number of unbranched alkanes of at least 4 members (excludes halogenated alkanes) is 24. The Balaban J connectivity index is 3.84. The van der Waals surface area contributed by atoms with Gasteiger partial charge in [0.05, 0.1) is 0 Å². The van der Waals surface area contributed by atoms with Gasteiger partial charge in [-0.2, -0.15) is 0 Å². The van der Waals surface area contributed by atoms with Gasteiger partial charge in [0, 0.05) is 17.4 Å². The van der Waals surface area contributed by atoms with E-state index in [9.17, 15) is 14.2 Å². The molecule has 0 aliphatic carbocycles. The Kier molecular flexibility index (Phi) is 33.0. The first-order valence-electron chi connectivity index (χ1n) is 18.1. The molecule has 0 bridgehead atoms. The van der Waals surface area contributed by atoms with Gasteiger partial charge in [-0.1, -0.05) is 168 Å². The van der Waals surface area contributed by atoms with Crippen molar-refractivity contribution in [3.63, 3.8) is 0 Å². The standard InChI is InChI=1S/C35H67O7P/c1-3-5-7-9-11-13-15-17-19-21-23-25-27-29-34(36)40-31-33(32-41-43(38)39)42-35(37)30-28-26-24-22-20-18-16-14-12-10-8-6-4-2/h33H,3-32H2,1-2H3/p+1/t33-/m1/s1. The highest BCUT2D eigenvalue weighted by Crippen LogP contribution is 2.17. The molecule has 0 aliphatic heterocycles. The lowest BCUT2D eigenvalue weighted by Gasteiger charge is -2.15. The summed E-state index contributed by atoms with van der Waals surface area (Å²) in [6.45, 7) is 4.06. The van der Waals surface area contributed by atoms with Crippen molar-refractivity contribution < 1.29 is 33.0 Å². The minimum absolute atomic E-state index is 0.162. The van der Waals surface area contributed by atoms with E-state index in [0.717, 1.165) is 38.5 Å². The van der Waals surface area contributed by atoms with Crippen LogP contribution >= 0.6 is 8.25 Å². The van der Waals surface area contributed by atoms with Crippen LogP contribution < -0.4 is 0 Å². The molecule has 43 heavy (non-hydrogen) atoms. The van der Waals surface area contributed by atoms with Crippen molar-refractivity contribution in [1.82, 2.24) is 0 Å². The second-order valence-electron chi connectivity index (χ2n) is 12.3. The Morgan fingerprint density at radius 1 is 0.512 bits per heavy atom. The van der Waals surface area contributed by atoms with Gasteiger partial charge in [-0.3, -0.25) is 9.59 Å². The lowest BCUT2D eigenvalue weighted by molar-refractivity contribution is -0.161. The zero-order valence-electron chi connectivity index (χ0n) is 28.1. The number of hydrogen-bond donors (Lipinski definition) is 1. The second-order valence-corrected chi connectivity index (χ2v) is 13.0. The lowest BCUT2D eigenvalue weighted by atomic mass is 10.0. The predicted octanol–water partition coefficient (Wildman–Crippen LogP) is 11.1. The molecule has 0 aromatic rings. The molecule has 7 nitrogen and oxygen atoms in total. The first-order chi connectivity index (χ1) is 21.0. The highest BCUT2D eigenvalue weighted by atomic mass is 31.1. The molecule has 0 saturated carbocycles. The molecule has 0 spiro atoms. The van der Waals surface area contributed by atoms with Crippen LogP contribution in [0.25, 0.3) is 0 Å². The summed E-state index contributed by atoms with van der Waals surface area (Å²) in [5.41, 5.74) is 0. The van der Waals surface area contributed by atoms with Crippen LogP contribution in [-0.2, 0) is 28.2 Å². The fraction of sp³-hybridized carbons (Fsp3) is 0.943. The third-order valence-corrected chi connectivity index (χ3v) is 8.44. The molecular formula is C35H68O7P+. The number of ether oxygens (including phenoxy) is 2. The molecule has 0 heterocycles. The maximum absolute atomic E-state index is 12.3. The third-order valence-electron chi connectivity index (χ3n) is 8.07. The number of esters is 2. The molecule has 8 heteroatoms. The van der Waals surface area contributed by atoms with Crippen LogP contribution in [-0.4, -0.2) is 36.1 Å². The summed E-state index contributed by atoms with van der Waals surface area (Å²) < 4.78 is 26.4. The van der Waals surface area contributed by atoms with E-state index in [0.29, 0.717) is 6.42 Å². The third kappa shape index (κ3) is 33.7. The quantitative estimate of drug-likeness (QED) is 0.0428. The normalized spacial score (nSPS) is 12.3. The molecule has 0 saturated heterocycles. The highest BCUT2D eigenvalue weighted by molar-refractivity contribution is 7.32. The summed E-state index contributed by atoms with van der Waals surface area (Å²) >= 11 is 0. The van der Waals surface area contributed by atoms with Crippen LogP contribution in [0.15, 0.2) is 0 Å². The Labute approximate surface area is 265 Å². The summed E-state index contributed by atoms with van der Waals surface area (Å²) in [6, 6.07) is 0. The van der Waals surface area contributed by atoms with Gasteiger partial charge in [-0.25, -0.2) is 0 Å².